The maximum absolute atomic E-state index is 10.6. The molecule has 0 bridgehead atoms. The smallest absolute Gasteiger partial charge is 0.404 e. The molecule has 1 amide bonds. The summed E-state index contributed by atoms with van der Waals surface area (Å²) in [5.41, 5.74) is 4.71. The van der Waals surface area contributed by atoms with E-state index in [9.17, 15) is 4.79 Å². The van der Waals surface area contributed by atoms with Crippen LogP contribution >= 0.6 is 11.6 Å². The van der Waals surface area contributed by atoms with Crippen LogP contribution in [0.2, 0.25) is 5.02 Å². The van der Waals surface area contributed by atoms with Gasteiger partial charge in [-0.3, -0.25) is 0 Å². The highest BCUT2D eigenvalue weighted by Crippen LogP contribution is 2.25. The molecule has 18 heavy (non-hydrogen) atoms. The molecule has 1 heterocycles. The second kappa shape index (κ2) is 5.91. The summed E-state index contributed by atoms with van der Waals surface area (Å²) < 4.78 is 10.5. The number of primary amides is 1. The Morgan fingerprint density at radius 3 is 2.72 bits per heavy atom. The largest absolute Gasteiger partial charge is 0.470 e. The van der Waals surface area contributed by atoms with Gasteiger partial charge >= 0.3 is 6.09 Å². The molecule has 1 rings (SSSR count). The van der Waals surface area contributed by atoms with Gasteiger partial charge in [-0.05, 0) is 6.07 Å². The molecule has 0 unspecified atom stereocenters. The lowest BCUT2D eigenvalue weighted by Crippen LogP contribution is -2.38. The van der Waals surface area contributed by atoms with Crippen LogP contribution in [-0.4, -0.2) is 23.8 Å². The minimum Gasteiger partial charge on any atom is -0.470 e. The van der Waals surface area contributed by atoms with E-state index < -0.39 is 6.09 Å². The third-order valence-electron chi connectivity index (χ3n) is 2.30. The molecule has 1 aromatic heterocycles. The van der Waals surface area contributed by atoms with E-state index in [0.29, 0.717) is 10.9 Å². The number of aromatic nitrogens is 1. The summed E-state index contributed by atoms with van der Waals surface area (Å²) in [5, 5.41) is 0.531. The van der Waals surface area contributed by atoms with Gasteiger partial charge in [-0.15, -0.1) is 0 Å². The second-order valence-electron chi connectivity index (χ2n) is 4.91. The number of hydrogen-bond acceptors (Lipinski definition) is 4. The Morgan fingerprint density at radius 1 is 1.56 bits per heavy atom. The van der Waals surface area contributed by atoms with E-state index in [1.165, 1.54) is 0 Å². The van der Waals surface area contributed by atoms with E-state index in [4.69, 9.17) is 26.8 Å². The topological polar surface area (TPSA) is 74.4 Å². The first kappa shape index (κ1) is 14.6. The Kier molecular flexibility index (Phi) is 4.78. The minimum absolute atomic E-state index is 0.0625. The molecular weight excluding hydrogens is 256 g/mol. The molecule has 1 atom stereocenters. The number of carbonyl (C=O) groups is 1. The van der Waals surface area contributed by atoms with Gasteiger partial charge in [0.2, 0.25) is 5.88 Å². The van der Waals surface area contributed by atoms with Crippen molar-refractivity contribution in [2.24, 2.45) is 11.1 Å². The van der Waals surface area contributed by atoms with Crippen molar-refractivity contribution >= 4 is 17.7 Å². The summed E-state index contributed by atoms with van der Waals surface area (Å²) in [6.07, 6.45) is 0.356. The summed E-state index contributed by atoms with van der Waals surface area (Å²) in [7, 11) is 0. The Morgan fingerprint density at radius 2 is 2.22 bits per heavy atom. The van der Waals surface area contributed by atoms with Crippen LogP contribution in [0.25, 0.3) is 0 Å². The monoisotopic (exact) mass is 272 g/mol. The fourth-order valence-electron chi connectivity index (χ4n) is 1.21. The van der Waals surface area contributed by atoms with Crippen molar-refractivity contribution in [1.29, 1.82) is 0 Å². The normalized spacial score (nSPS) is 12.9. The summed E-state index contributed by atoms with van der Waals surface area (Å²) >= 11 is 5.84. The lowest BCUT2D eigenvalue weighted by molar-refractivity contribution is 0.0212. The third-order valence-corrected chi connectivity index (χ3v) is 2.54. The molecule has 0 radical (unpaired) electrons. The highest BCUT2D eigenvalue weighted by molar-refractivity contribution is 6.30. The Hall–Kier alpha value is -1.49. The lowest BCUT2D eigenvalue weighted by atomic mass is 9.89. The first-order chi connectivity index (χ1) is 8.29. The van der Waals surface area contributed by atoms with Crippen LogP contribution in [0.1, 0.15) is 20.8 Å². The van der Waals surface area contributed by atoms with E-state index in [1.54, 1.807) is 18.3 Å². The number of ether oxygens (including phenoxy) is 2. The molecule has 5 nitrogen and oxygen atoms in total. The number of amides is 1. The summed E-state index contributed by atoms with van der Waals surface area (Å²) in [6, 6.07) is 3.25. The predicted molar refractivity (Wildman–Crippen MR) is 68.7 cm³/mol. The second-order valence-corrected chi connectivity index (χ2v) is 5.35. The third kappa shape index (κ3) is 4.79. The standard InChI is InChI=1S/C12H17ClN2O3/c1-12(2,3)9(7-17-11(14)16)18-10-6-8(13)4-5-15-10/h4-6,9H,7H2,1-3H3,(H2,14,16)/t9-/m1/s1. The van der Waals surface area contributed by atoms with Crippen molar-refractivity contribution < 1.29 is 14.3 Å². The lowest BCUT2D eigenvalue weighted by Gasteiger charge is -2.29. The van der Waals surface area contributed by atoms with E-state index >= 15 is 0 Å². The quantitative estimate of drug-likeness (QED) is 0.914. The average molecular weight is 273 g/mol. The number of nitrogens with zero attached hydrogens (tertiary/aromatic N) is 1. The minimum atomic E-state index is -0.827. The van der Waals surface area contributed by atoms with E-state index in [1.807, 2.05) is 20.8 Å². The molecule has 0 saturated carbocycles. The van der Waals surface area contributed by atoms with Crippen molar-refractivity contribution in [3.05, 3.63) is 23.4 Å². The van der Waals surface area contributed by atoms with Crippen LogP contribution in [0.4, 0.5) is 4.79 Å². The SMILES string of the molecule is CC(C)(C)[C@@H](COC(N)=O)Oc1cc(Cl)ccn1. The van der Waals surface area contributed by atoms with E-state index in [2.05, 4.69) is 4.98 Å². The van der Waals surface area contributed by atoms with Gasteiger partial charge in [-0.2, -0.15) is 0 Å². The molecule has 0 aromatic carbocycles. The predicted octanol–water partition coefficient (Wildman–Crippen LogP) is 2.62. The molecule has 0 aliphatic rings. The van der Waals surface area contributed by atoms with E-state index in [-0.39, 0.29) is 18.1 Å². The molecule has 0 saturated heterocycles. The zero-order valence-electron chi connectivity index (χ0n) is 10.6. The van der Waals surface area contributed by atoms with Crippen LogP contribution < -0.4 is 10.5 Å². The fourth-order valence-corrected chi connectivity index (χ4v) is 1.36. The summed E-state index contributed by atoms with van der Waals surface area (Å²) in [5.74, 6) is 0.385. The first-order valence-electron chi connectivity index (χ1n) is 5.49. The maximum Gasteiger partial charge on any atom is 0.404 e. The molecule has 6 heteroatoms. The molecule has 0 spiro atoms. The van der Waals surface area contributed by atoms with Crippen molar-refractivity contribution in [3.8, 4) is 5.88 Å². The number of rotatable bonds is 4. The van der Waals surface area contributed by atoms with Crippen LogP contribution in [0.5, 0.6) is 5.88 Å². The summed E-state index contributed by atoms with van der Waals surface area (Å²) in [6.45, 7) is 5.96. The van der Waals surface area contributed by atoms with Crippen LogP contribution in [0.15, 0.2) is 18.3 Å². The van der Waals surface area contributed by atoms with Crippen molar-refractivity contribution in [2.45, 2.75) is 26.9 Å². The fraction of sp³-hybridized carbons (Fsp3) is 0.500. The molecule has 1 aromatic rings. The van der Waals surface area contributed by atoms with Gasteiger partial charge in [0.1, 0.15) is 12.7 Å². The maximum atomic E-state index is 10.6. The Bertz CT molecular complexity index is 418. The molecule has 100 valence electrons. The van der Waals surface area contributed by atoms with Gasteiger partial charge in [0.25, 0.3) is 0 Å². The molecular formula is C12H17ClN2O3. The molecule has 2 N–H and O–H groups in total. The molecule has 0 fully saturated rings. The number of pyridine rings is 1. The van der Waals surface area contributed by atoms with Gasteiger partial charge < -0.3 is 15.2 Å². The molecule has 0 aliphatic carbocycles. The van der Waals surface area contributed by atoms with Gasteiger partial charge in [0.15, 0.2) is 0 Å². The Labute approximate surface area is 111 Å². The van der Waals surface area contributed by atoms with Gasteiger partial charge in [-0.1, -0.05) is 32.4 Å². The van der Waals surface area contributed by atoms with Gasteiger partial charge in [0.05, 0.1) is 0 Å². The van der Waals surface area contributed by atoms with Crippen LogP contribution in [0, 0.1) is 5.41 Å². The van der Waals surface area contributed by atoms with Gasteiger partial charge in [0, 0.05) is 22.7 Å². The highest BCUT2D eigenvalue weighted by Gasteiger charge is 2.28. The number of carbonyl (C=O) groups excluding carboxylic acids is 1. The zero-order valence-corrected chi connectivity index (χ0v) is 11.4. The number of hydrogen-bond donors (Lipinski definition) is 1. The number of nitrogens with two attached hydrogens (primary N) is 1. The van der Waals surface area contributed by atoms with Crippen LogP contribution in [-0.2, 0) is 4.74 Å². The van der Waals surface area contributed by atoms with Gasteiger partial charge in [-0.25, -0.2) is 9.78 Å². The van der Waals surface area contributed by atoms with Crippen molar-refractivity contribution in [2.75, 3.05) is 6.61 Å². The Balaban J connectivity index is 2.75. The zero-order chi connectivity index (χ0) is 13.8. The number of halogens is 1. The van der Waals surface area contributed by atoms with E-state index in [0.717, 1.165) is 0 Å². The van der Waals surface area contributed by atoms with Crippen LogP contribution in [0.3, 0.4) is 0 Å². The molecule has 0 aliphatic heterocycles. The first-order valence-corrected chi connectivity index (χ1v) is 5.87. The highest BCUT2D eigenvalue weighted by atomic mass is 35.5. The van der Waals surface area contributed by atoms with Crippen molar-refractivity contribution in [1.82, 2.24) is 4.98 Å². The average Bonchev–Trinajstić information content (AvgIpc) is 2.22. The van der Waals surface area contributed by atoms with Crippen molar-refractivity contribution in [3.63, 3.8) is 0 Å². The summed E-state index contributed by atoms with van der Waals surface area (Å²) in [4.78, 5) is 14.7.